The van der Waals surface area contributed by atoms with Gasteiger partial charge in [0.25, 0.3) is 0 Å². The van der Waals surface area contributed by atoms with Crippen molar-refractivity contribution < 1.29 is 14.3 Å². The summed E-state index contributed by atoms with van der Waals surface area (Å²) in [5, 5.41) is 21.9. The fourth-order valence-electron chi connectivity index (χ4n) is 1.42. The number of hydrogen-bond acceptors (Lipinski definition) is 11. The summed E-state index contributed by atoms with van der Waals surface area (Å²) in [4.78, 5) is 21.8. The third-order valence-electron chi connectivity index (χ3n) is 2.29. The fourth-order valence-corrected chi connectivity index (χ4v) is 4.86. The molecular weight excluding hydrogens is 404 g/mol. The molecule has 0 atom stereocenters. The minimum absolute atomic E-state index is 0.159. The molecule has 0 aliphatic heterocycles. The number of ether oxygens (including phenoxy) is 1. The molecule has 25 heavy (non-hydrogen) atoms. The molecule has 0 bridgehead atoms. The van der Waals surface area contributed by atoms with Crippen molar-refractivity contribution in [1.82, 2.24) is 20.4 Å². The molecule has 0 aromatic carbocycles. The van der Waals surface area contributed by atoms with Crippen LogP contribution in [-0.2, 0) is 14.3 Å². The van der Waals surface area contributed by atoms with Crippen LogP contribution >= 0.6 is 46.2 Å². The second-order valence-corrected chi connectivity index (χ2v) is 9.06. The molecular formula is C12H16N6O3S4. The van der Waals surface area contributed by atoms with Gasteiger partial charge >= 0.3 is 0 Å². The first-order chi connectivity index (χ1) is 12.0. The highest BCUT2D eigenvalue weighted by atomic mass is 32.2. The molecule has 0 radical (unpaired) electrons. The number of amides is 2. The molecule has 0 aliphatic carbocycles. The Labute approximate surface area is 160 Å². The highest BCUT2D eigenvalue weighted by Gasteiger charge is 2.07. The van der Waals surface area contributed by atoms with Gasteiger partial charge < -0.3 is 15.4 Å². The summed E-state index contributed by atoms with van der Waals surface area (Å²) in [5.74, 6) is 1.19. The first-order valence-corrected chi connectivity index (χ1v) is 10.7. The highest BCUT2D eigenvalue weighted by molar-refractivity contribution is 8.01. The van der Waals surface area contributed by atoms with Crippen molar-refractivity contribution in [2.24, 2.45) is 0 Å². The highest BCUT2D eigenvalue weighted by Crippen LogP contribution is 2.26. The topological polar surface area (TPSA) is 119 Å². The van der Waals surface area contributed by atoms with Crippen LogP contribution in [0.2, 0.25) is 0 Å². The predicted octanol–water partition coefficient (Wildman–Crippen LogP) is 2.21. The van der Waals surface area contributed by atoms with Crippen LogP contribution in [0.5, 0.6) is 0 Å². The average molecular weight is 421 g/mol. The van der Waals surface area contributed by atoms with Crippen molar-refractivity contribution in [2.75, 3.05) is 35.4 Å². The average Bonchev–Trinajstić information content (AvgIpc) is 3.15. The maximum atomic E-state index is 10.9. The van der Waals surface area contributed by atoms with E-state index in [2.05, 4.69) is 31.0 Å². The van der Waals surface area contributed by atoms with E-state index in [-0.39, 0.29) is 11.8 Å². The van der Waals surface area contributed by atoms with Crippen LogP contribution in [-0.4, -0.2) is 56.9 Å². The maximum Gasteiger partial charge on any atom is 0.223 e. The number of carbonyl (C=O) groups is 2. The zero-order valence-corrected chi connectivity index (χ0v) is 16.7. The van der Waals surface area contributed by atoms with Gasteiger partial charge in [0, 0.05) is 25.4 Å². The molecule has 2 heterocycles. The fraction of sp³-hybridized carbons (Fsp3) is 0.500. The van der Waals surface area contributed by atoms with Crippen molar-refractivity contribution in [1.29, 1.82) is 0 Å². The summed E-state index contributed by atoms with van der Waals surface area (Å²) < 4.78 is 7.14. The minimum atomic E-state index is -0.159. The van der Waals surface area contributed by atoms with E-state index in [9.17, 15) is 9.59 Å². The third kappa shape index (κ3) is 8.09. The smallest absolute Gasteiger partial charge is 0.223 e. The Kier molecular flexibility index (Phi) is 8.54. The van der Waals surface area contributed by atoms with Crippen LogP contribution in [0.15, 0.2) is 8.68 Å². The number of nitrogens with one attached hydrogen (secondary N) is 2. The second kappa shape index (κ2) is 10.7. The lowest BCUT2D eigenvalue weighted by molar-refractivity contribution is -0.115. The molecule has 0 spiro atoms. The normalized spacial score (nSPS) is 10.6. The Morgan fingerprint density at radius 1 is 0.880 bits per heavy atom. The van der Waals surface area contributed by atoms with Gasteiger partial charge in [0.2, 0.25) is 22.1 Å². The van der Waals surface area contributed by atoms with Crippen LogP contribution in [0.1, 0.15) is 13.8 Å². The summed E-state index contributed by atoms with van der Waals surface area (Å²) in [6.07, 6.45) is 0. The Morgan fingerprint density at radius 3 is 1.72 bits per heavy atom. The number of thioether (sulfide) groups is 2. The first-order valence-electron chi connectivity index (χ1n) is 7.08. The molecule has 2 rings (SSSR count). The molecule has 0 saturated carbocycles. The summed E-state index contributed by atoms with van der Waals surface area (Å²) in [7, 11) is 0. The van der Waals surface area contributed by atoms with E-state index in [1.165, 1.54) is 60.0 Å². The zero-order valence-electron chi connectivity index (χ0n) is 13.5. The molecule has 2 aromatic heterocycles. The molecule has 0 saturated heterocycles. The van der Waals surface area contributed by atoms with E-state index in [1.54, 1.807) is 0 Å². The summed E-state index contributed by atoms with van der Waals surface area (Å²) in [6.45, 7) is 4.05. The van der Waals surface area contributed by atoms with Crippen LogP contribution in [0.4, 0.5) is 10.3 Å². The lowest BCUT2D eigenvalue weighted by Gasteiger charge is -2.01. The largest absolute Gasteiger partial charge is 0.380 e. The lowest BCUT2D eigenvalue weighted by Crippen LogP contribution is -2.04. The lowest BCUT2D eigenvalue weighted by atomic mass is 10.7. The van der Waals surface area contributed by atoms with Crippen LogP contribution < -0.4 is 10.6 Å². The van der Waals surface area contributed by atoms with Crippen LogP contribution in [0, 0.1) is 0 Å². The second-order valence-electron chi connectivity index (χ2n) is 4.42. The van der Waals surface area contributed by atoms with Crippen molar-refractivity contribution in [2.45, 2.75) is 22.5 Å². The van der Waals surface area contributed by atoms with Gasteiger partial charge in [0.1, 0.15) is 0 Å². The van der Waals surface area contributed by atoms with Crippen molar-refractivity contribution in [3.05, 3.63) is 0 Å². The maximum absolute atomic E-state index is 10.9. The summed E-state index contributed by atoms with van der Waals surface area (Å²) in [5.41, 5.74) is 0. The van der Waals surface area contributed by atoms with E-state index in [4.69, 9.17) is 4.74 Å². The third-order valence-corrected chi connectivity index (χ3v) is 6.16. The van der Waals surface area contributed by atoms with Gasteiger partial charge in [-0.1, -0.05) is 46.2 Å². The minimum Gasteiger partial charge on any atom is -0.380 e. The van der Waals surface area contributed by atoms with E-state index >= 15 is 0 Å². The molecule has 0 unspecified atom stereocenters. The molecule has 2 aromatic rings. The van der Waals surface area contributed by atoms with Gasteiger partial charge in [-0.15, -0.1) is 20.4 Å². The first kappa shape index (κ1) is 20.0. The Morgan fingerprint density at radius 2 is 1.32 bits per heavy atom. The predicted molar refractivity (Wildman–Crippen MR) is 101 cm³/mol. The van der Waals surface area contributed by atoms with E-state index in [1.807, 2.05) is 0 Å². The SMILES string of the molecule is CC(=O)Nc1nnc(SCCOCCSc2nnc(NC(C)=O)s2)s1. The summed E-state index contributed by atoms with van der Waals surface area (Å²) >= 11 is 5.74. The molecule has 13 heteroatoms. The molecule has 2 N–H and O–H groups in total. The quantitative estimate of drug-likeness (QED) is 0.339. The number of aromatic nitrogens is 4. The van der Waals surface area contributed by atoms with Gasteiger partial charge in [-0.3, -0.25) is 9.59 Å². The summed E-state index contributed by atoms with van der Waals surface area (Å²) in [6, 6.07) is 0. The van der Waals surface area contributed by atoms with Crippen LogP contribution in [0.3, 0.4) is 0 Å². The molecule has 0 aliphatic rings. The number of nitrogens with zero attached hydrogens (tertiary/aromatic N) is 4. The molecule has 2 amide bonds. The zero-order chi connectivity index (χ0) is 18.1. The standard InChI is InChI=1S/C12H16N6O3S4/c1-7(19)13-9-15-17-11(24-9)22-5-3-21-4-6-23-12-18-16-10(25-12)14-8(2)20/h3-6H2,1-2H3,(H,13,15,19)(H,14,16,20). The number of anilines is 2. The van der Waals surface area contributed by atoms with E-state index in [0.717, 1.165) is 20.2 Å². The van der Waals surface area contributed by atoms with Crippen molar-refractivity contribution in [3.63, 3.8) is 0 Å². The van der Waals surface area contributed by atoms with E-state index < -0.39 is 0 Å². The van der Waals surface area contributed by atoms with Gasteiger partial charge in [-0.25, -0.2) is 0 Å². The Balaban J connectivity index is 1.53. The number of carbonyl (C=O) groups excluding carboxylic acids is 2. The molecule has 0 fully saturated rings. The van der Waals surface area contributed by atoms with Gasteiger partial charge in [0.05, 0.1) is 13.2 Å². The van der Waals surface area contributed by atoms with Crippen molar-refractivity contribution in [3.8, 4) is 0 Å². The number of hydrogen-bond donors (Lipinski definition) is 2. The van der Waals surface area contributed by atoms with E-state index in [0.29, 0.717) is 23.5 Å². The van der Waals surface area contributed by atoms with Crippen molar-refractivity contribution >= 4 is 68.3 Å². The van der Waals surface area contributed by atoms with Gasteiger partial charge in [-0.2, -0.15) is 0 Å². The monoisotopic (exact) mass is 420 g/mol. The van der Waals surface area contributed by atoms with Gasteiger partial charge in [0.15, 0.2) is 8.68 Å². The Hall–Kier alpha value is -1.28. The number of rotatable bonds is 10. The van der Waals surface area contributed by atoms with Crippen LogP contribution in [0.25, 0.3) is 0 Å². The molecule has 9 nitrogen and oxygen atoms in total. The van der Waals surface area contributed by atoms with Gasteiger partial charge in [-0.05, 0) is 0 Å². The molecule has 136 valence electrons. The Bertz CT molecular complexity index is 648.